The zero-order valence-corrected chi connectivity index (χ0v) is 23.1. The molecule has 0 unspecified atom stereocenters. The molecule has 0 saturated carbocycles. The van der Waals surface area contributed by atoms with Crippen molar-refractivity contribution in [3.8, 4) is 11.4 Å². The molecule has 0 aliphatic carbocycles. The third kappa shape index (κ3) is 7.81. The molecule has 0 bridgehead atoms. The highest BCUT2D eigenvalue weighted by Gasteiger charge is 2.24. The molecule has 2 amide bonds. The lowest BCUT2D eigenvalue weighted by atomic mass is 9.92. The molecule has 37 heavy (non-hydrogen) atoms. The summed E-state index contributed by atoms with van der Waals surface area (Å²) in [4.78, 5) is 27.5. The fraction of sp³-hybridized carbons (Fsp3) is 0.393. The van der Waals surface area contributed by atoms with Crippen LogP contribution in [0.3, 0.4) is 0 Å². The second-order valence-electron chi connectivity index (χ2n) is 9.97. The first-order chi connectivity index (χ1) is 17.5. The molecule has 0 spiro atoms. The van der Waals surface area contributed by atoms with E-state index in [-0.39, 0.29) is 43.5 Å². The summed E-state index contributed by atoms with van der Waals surface area (Å²) in [6.45, 7) is 10.4. The van der Waals surface area contributed by atoms with Crippen molar-refractivity contribution in [2.75, 3.05) is 38.7 Å². The van der Waals surface area contributed by atoms with Crippen molar-refractivity contribution in [1.29, 1.82) is 0 Å². The Hall–Kier alpha value is -3.36. The first-order valence-electron chi connectivity index (χ1n) is 12.1. The van der Waals surface area contributed by atoms with Gasteiger partial charge in [0.15, 0.2) is 6.61 Å². The molecule has 8 nitrogen and oxygen atoms in total. The quantitative estimate of drug-likeness (QED) is 0.405. The lowest BCUT2D eigenvalue weighted by molar-refractivity contribution is -0.137. The first-order valence-corrected chi connectivity index (χ1v) is 12.5. The van der Waals surface area contributed by atoms with Gasteiger partial charge in [-0.1, -0.05) is 50.1 Å². The van der Waals surface area contributed by atoms with Crippen LogP contribution >= 0.6 is 11.6 Å². The van der Waals surface area contributed by atoms with Crippen LogP contribution in [0.4, 0.5) is 5.82 Å². The largest absolute Gasteiger partial charge is 0.484 e. The highest BCUT2D eigenvalue weighted by Crippen LogP contribution is 2.28. The third-order valence-corrected chi connectivity index (χ3v) is 6.01. The Balaban J connectivity index is 1.78. The van der Waals surface area contributed by atoms with Crippen molar-refractivity contribution in [2.45, 2.75) is 40.0 Å². The Labute approximate surface area is 223 Å². The van der Waals surface area contributed by atoms with Crippen LogP contribution in [0.15, 0.2) is 48.5 Å². The fourth-order valence-electron chi connectivity index (χ4n) is 3.68. The number of methoxy groups -OCH3 is 1. The van der Waals surface area contributed by atoms with Crippen LogP contribution in [0.25, 0.3) is 5.69 Å². The number of amides is 2. The van der Waals surface area contributed by atoms with E-state index in [0.717, 1.165) is 22.5 Å². The van der Waals surface area contributed by atoms with Gasteiger partial charge in [0.05, 0.1) is 18.0 Å². The summed E-state index contributed by atoms with van der Waals surface area (Å²) in [6.07, 6.45) is 0. The van der Waals surface area contributed by atoms with Gasteiger partial charge < -0.3 is 19.7 Å². The molecule has 1 N–H and O–H groups in total. The highest BCUT2D eigenvalue weighted by atomic mass is 35.5. The molecule has 0 atom stereocenters. The number of nitrogens with zero attached hydrogens (tertiary/aromatic N) is 3. The molecule has 1 aromatic heterocycles. The number of rotatable bonds is 10. The molecule has 9 heteroatoms. The number of hydrogen-bond donors (Lipinski definition) is 1. The molecule has 0 aliphatic rings. The van der Waals surface area contributed by atoms with Crippen molar-refractivity contribution < 1.29 is 19.1 Å². The molecule has 198 valence electrons. The number of aromatic nitrogens is 2. The normalized spacial score (nSPS) is 11.3. The van der Waals surface area contributed by atoms with Gasteiger partial charge in [-0.3, -0.25) is 9.59 Å². The van der Waals surface area contributed by atoms with Crippen molar-refractivity contribution in [1.82, 2.24) is 14.7 Å². The lowest BCUT2D eigenvalue weighted by Gasteiger charge is -2.22. The van der Waals surface area contributed by atoms with Crippen molar-refractivity contribution in [3.63, 3.8) is 0 Å². The lowest BCUT2D eigenvalue weighted by Crippen LogP contribution is -2.42. The maximum atomic E-state index is 13.1. The maximum absolute atomic E-state index is 13.1. The Morgan fingerprint density at radius 2 is 1.78 bits per heavy atom. The summed E-state index contributed by atoms with van der Waals surface area (Å²) in [5.41, 5.74) is 3.67. The Morgan fingerprint density at radius 1 is 1.08 bits per heavy atom. The monoisotopic (exact) mass is 526 g/mol. The van der Waals surface area contributed by atoms with Gasteiger partial charge in [-0.05, 0) is 49.7 Å². The topological polar surface area (TPSA) is 85.7 Å². The van der Waals surface area contributed by atoms with Crippen molar-refractivity contribution >= 4 is 29.2 Å². The summed E-state index contributed by atoms with van der Waals surface area (Å²) in [5.74, 6) is 0.377. The molecule has 0 saturated heterocycles. The van der Waals surface area contributed by atoms with E-state index in [1.165, 1.54) is 4.90 Å². The van der Waals surface area contributed by atoms with Crippen LogP contribution in [0.2, 0.25) is 5.02 Å². The zero-order chi connectivity index (χ0) is 27.2. The van der Waals surface area contributed by atoms with Crippen LogP contribution in [-0.4, -0.2) is 59.9 Å². The predicted octanol–water partition coefficient (Wildman–Crippen LogP) is 4.93. The van der Waals surface area contributed by atoms with Gasteiger partial charge >= 0.3 is 0 Å². The Bertz CT molecular complexity index is 1230. The van der Waals surface area contributed by atoms with Gasteiger partial charge in [-0.2, -0.15) is 5.10 Å². The van der Waals surface area contributed by atoms with Gasteiger partial charge in [-0.15, -0.1) is 0 Å². The summed E-state index contributed by atoms with van der Waals surface area (Å²) >= 11 is 5.90. The molecule has 0 fully saturated rings. The van der Waals surface area contributed by atoms with Gasteiger partial charge in [-0.25, -0.2) is 4.68 Å². The predicted molar refractivity (Wildman–Crippen MR) is 146 cm³/mol. The van der Waals surface area contributed by atoms with E-state index in [1.807, 2.05) is 32.0 Å². The maximum Gasteiger partial charge on any atom is 0.261 e. The number of nitrogens with one attached hydrogen (secondary N) is 1. The number of anilines is 1. The van der Waals surface area contributed by atoms with E-state index < -0.39 is 0 Å². The van der Waals surface area contributed by atoms with Gasteiger partial charge in [0.2, 0.25) is 5.91 Å². The zero-order valence-electron chi connectivity index (χ0n) is 22.3. The number of carbonyl (C=O) groups is 2. The molecular weight excluding hydrogens is 492 g/mol. The second kappa shape index (κ2) is 12.3. The average Bonchev–Trinajstić information content (AvgIpc) is 3.25. The molecule has 2 aromatic carbocycles. The Morgan fingerprint density at radius 3 is 2.41 bits per heavy atom. The molecular formula is C28H35ClN4O4. The van der Waals surface area contributed by atoms with E-state index in [0.29, 0.717) is 16.6 Å². The summed E-state index contributed by atoms with van der Waals surface area (Å²) in [7, 11) is 1.55. The fourth-order valence-corrected chi connectivity index (χ4v) is 3.81. The summed E-state index contributed by atoms with van der Waals surface area (Å²) in [5, 5.41) is 8.33. The van der Waals surface area contributed by atoms with Gasteiger partial charge in [0.1, 0.15) is 18.1 Å². The molecule has 3 rings (SSSR count). The van der Waals surface area contributed by atoms with E-state index in [2.05, 4.69) is 32.2 Å². The minimum atomic E-state index is -0.345. The van der Waals surface area contributed by atoms with E-state index in [4.69, 9.17) is 26.2 Å². The minimum Gasteiger partial charge on any atom is -0.484 e. The highest BCUT2D eigenvalue weighted by molar-refractivity contribution is 6.30. The van der Waals surface area contributed by atoms with E-state index in [1.54, 1.807) is 36.1 Å². The number of hydrogen-bond acceptors (Lipinski definition) is 5. The van der Waals surface area contributed by atoms with Crippen LogP contribution in [-0.2, 0) is 19.7 Å². The molecule has 3 aromatic rings. The standard InChI is InChI=1S/C28H35ClN4O4/c1-19-7-12-23(20(2)15-19)33-25(16-24(31-33)28(3,4)5)30-26(34)17-32(13-14-36-6)27(35)18-37-22-10-8-21(29)9-11-22/h7-12,15-16H,13-14,17-18H2,1-6H3,(H,30,34). The number of halogens is 1. The number of carbonyl (C=O) groups excluding carboxylic acids is 2. The Kier molecular flexibility index (Phi) is 9.34. The van der Waals surface area contributed by atoms with Crippen LogP contribution < -0.4 is 10.1 Å². The molecule has 1 heterocycles. The van der Waals surface area contributed by atoms with Crippen LogP contribution in [0, 0.1) is 13.8 Å². The summed E-state index contributed by atoms with van der Waals surface area (Å²) in [6, 6.07) is 14.7. The smallest absolute Gasteiger partial charge is 0.261 e. The van der Waals surface area contributed by atoms with Crippen molar-refractivity contribution in [3.05, 3.63) is 70.4 Å². The van der Waals surface area contributed by atoms with E-state index in [9.17, 15) is 9.59 Å². The van der Waals surface area contributed by atoms with Gasteiger partial charge in [0, 0.05) is 30.2 Å². The first kappa shape index (κ1) is 28.2. The number of aryl methyl sites for hydroxylation is 2. The van der Waals surface area contributed by atoms with E-state index >= 15 is 0 Å². The molecule has 0 radical (unpaired) electrons. The van der Waals surface area contributed by atoms with Crippen LogP contribution in [0.1, 0.15) is 37.6 Å². The SMILES string of the molecule is COCCN(CC(=O)Nc1cc(C(C)(C)C)nn1-c1ccc(C)cc1C)C(=O)COc1ccc(Cl)cc1. The third-order valence-electron chi connectivity index (χ3n) is 5.75. The number of benzene rings is 2. The van der Waals surface area contributed by atoms with Crippen LogP contribution in [0.5, 0.6) is 5.75 Å². The number of ether oxygens (including phenoxy) is 2. The summed E-state index contributed by atoms with van der Waals surface area (Å²) < 4.78 is 12.5. The second-order valence-corrected chi connectivity index (χ2v) is 10.4. The molecule has 0 aliphatic heterocycles. The minimum absolute atomic E-state index is 0.158. The van der Waals surface area contributed by atoms with Crippen molar-refractivity contribution in [2.24, 2.45) is 0 Å². The average molecular weight is 527 g/mol. The van der Waals surface area contributed by atoms with Gasteiger partial charge in [0.25, 0.3) is 5.91 Å².